The minimum Gasteiger partial charge on any atom is -0.345 e. The Labute approximate surface area is 129 Å². The molecule has 0 radical (unpaired) electrons. The van der Waals surface area contributed by atoms with E-state index in [0.29, 0.717) is 25.1 Å². The summed E-state index contributed by atoms with van der Waals surface area (Å²) in [6.45, 7) is 1.58. The first kappa shape index (κ1) is 14.7. The zero-order valence-corrected chi connectivity index (χ0v) is 12.6. The number of amides is 2. The first-order valence-electron chi connectivity index (χ1n) is 7.53. The molecule has 1 aromatic rings. The molecule has 22 heavy (non-hydrogen) atoms. The first-order chi connectivity index (χ1) is 10.5. The number of hydrogen-bond acceptors (Lipinski definition) is 4. The SMILES string of the molecule is CN1CCCC2(CCN(C(=O)C(=O)c3cccnc3)C2)C1=O. The molecule has 2 aliphatic heterocycles. The molecule has 1 unspecified atom stereocenters. The van der Waals surface area contributed by atoms with Crippen LogP contribution in [0.25, 0.3) is 0 Å². The molecule has 2 saturated heterocycles. The molecule has 3 rings (SSSR count). The standard InChI is InChI=1S/C16H19N3O3/c1-18-8-3-5-16(15(18)22)6-9-19(11-16)14(21)13(20)12-4-2-7-17-10-12/h2,4,7,10H,3,5-6,8-9,11H2,1H3. The van der Waals surface area contributed by atoms with Crippen molar-refractivity contribution in [2.24, 2.45) is 5.41 Å². The first-order valence-corrected chi connectivity index (χ1v) is 7.53. The van der Waals surface area contributed by atoms with E-state index in [0.717, 1.165) is 19.4 Å². The lowest BCUT2D eigenvalue weighted by molar-refractivity contribution is -0.144. The number of hydrogen-bond donors (Lipinski definition) is 0. The molecule has 116 valence electrons. The van der Waals surface area contributed by atoms with E-state index < -0.39 is 17.1 Å². The predicted molar refractivity (Wildman–Crippen MR) is 79.1 cm³/mol. The van der Waals surface area contributed by atoms with Crippen LogP contribution < -0.4 is 0 Å². The van der Waals surface area contributed by atoms with Crippen LogP contribution in [0.3, 0.4) is 0 Å². The fourth-order valence-corrected chi connectivity index (χ4v) is 3.46. The van der Waals surface area contributed by atoms with Crippen molar-refractivity contribution in [1.82, 2.24) is 14.8 Å². The molecule has 2 fully saturated rings. The second-order valence-corrected chi connectivity index (χ2v) is 6.16. The van der Waals surface area contributed by atoms with E-state index in [1.54, 1.807) is 30.3 Å². The Morgan fingerprint density at radius 2 is 2.09 bits per heavy atom. The van der Waals surface area contributed by atoms with E-state index >= 15 is 0 Å². The quantitative estimate of drug-likeness (QED) is 0.596. The number of aromatic nitrogens is 1. The number of likely N-dealkylation sites (tertiary alicyclic amines) is 2. The highest BCUT2D eigenvalue weighted by atomic mass is 16.2. The summed E-state index contributed by atoms with van der Waals surface area (Å²) < 4.78 is 0. The van der Waals surface area contributed by atoms with Crippen LogP contribution in [0, 0.1) is 5.41 Å². The summed E-state index contributed by atoms with van der Waals surface area (Å²) in [6, 6.07) is 3.21. The van der Waals surface area contributed by atoms with Gasteiger partial charge in [0.1, 0.15) is 0 Å². The van der Waals surface area contributed by atoms with Crippen molar-refractivity contribution in [3.63, 3.8) is 0 Å². The molecule has 0 bridgehead atoms. The summed E-state index contributed by atoms with van der Waals surface area (Å²) >= 11 is 0. The van der Waals surface area contributed by atoms with Gasteiger partial charge < -0.3 is 9.80 Å². The molecular formula is C16H19N3O3. The molecular weight excluding hydrogens is 282 g/mol. The smallest absolute Gasteiger partial charge is 0.295 e. The number of rotatable bonds is 2. The van der Waals surface area contributed by atoms with Crippen molar-refractivity contribution in [2.75, 3.05) is 26.7 Å². The van der Waals surface area contributed by atoms with Crippen molar-refractivity contribution in [2.45, 2.75) is 19.3 Å². The fourth-order valence-electron chi connectivity index (χ4n) is 3.46. The van der Waals surface area contributed by atoms with Gasteiger partial charge in [-0.15, -0.1) is 0 Å². The molecule has 3 heterocycles. The summed E-state index contributed by atoms with van der Waals surface area (Å²) in [5.74, 6) is -0.990. The van der Waals surface area contributed by atoms with Crippen molar-refractivity contribution in [3.05, 3.63) is 30.1 Å². The molecule has 2 amide bonds. The minimum absolute atomic E-state index is 0.0999. The minimum atomic E-state index is -0.554. The number of piperidine rings is 1. The average molecular weight is 301 g/mol. The van der Waals surface area contributed by atoms with Crippen LogP contribution in [-0.4, -0.2) is 59.1 Å². The van der Waals surface area contributed by atoms with Crippen molar-refractivity contribution < 1.29 is 14.4 Å². The molecule has 2 aliphatic rings. The van der Waals surface area contributed by atoms with Gasteiger partial charge in [-0.2, -0.15) is 0 Å². The fraction of sp³-hybridized carbons (Fsp3) is 0.500. The Bertz CT molecular complexity index is 616. The maximum absolute atomic E-state index is 12.5. The number of nitrogens with zero attached hydrogens (tertiary/aromatic N) is 3. The maximum atomic E-state index is 12.5. The van der Waals surface area contributed by atoms with Gasteiger partial charge in [0.2, 0.25) is 5.91 Å². The van der Waals surface area contributed by atoms with Gasteiger partial charge in [-0.05, 0) is 31.4 Å². The molecule has 0 aliphatic carbocycles. The molecule has 1 spiro atoms. The van der Waals surface area contributed by atoms with Crippen LogP contribution >= 0.6 is 0 Å². The van der Waals surface area contributed by atoms with E-state index in [-0.39, 0.29) is 5.91 Å². The highest BCUT2D eigenvalue weighted by Crippen LogP contribution is 2.39. The predicted octanol–water partition coefficient (Wildman–Crippen LogP) is 0.735. The Morgan fingerprint density at radius 1 is 1.27 bits per heavy atom. The zero-order valence-electron chi connectivity index (χ0n) is 12.6. The van der Waals surface area contributed by atoms with Crippen LogP contribution in [0.4, 0.5) is 0 Å². The second kappa shape index (κ2) is 5.51. The lowest BCUT2D eigenvalue weighted by Gasteiger charge is -2.37. The third-order valence-electron chi connectivity index (χ3n) is 4.71. The molecule has 0 aromatic carbocycles. The lowest BCUT2D eigenvalue weighted by Crippen LogP contribution is -2.49. The molecule has 6 nitrogen and oxygen atoms in total. The van der Waals surface area contributed by atoms with Gasteiger partial charge in [-0.25, -0.2) is 0 Å². The van der Waals surface area contributed by atoms with Gasteiger partial charge in [0.05, 0.1) is 5.41 Å². The Hall–Kier alpha value is -2.24. The van der Waals surface area contributed by atoms with Crippen molar-refractivity contribution >= 4 is 17.6 Å². The average Bonchev–Trinajstić information content (AvgIpc) is 2.97. The zero-order chi connectivity index (χ0) is 15.7. The number of carbonyl (C=O) groups is 3. The topological polar surface area (TPSA) is 70.6 Å². The van der Waals surface area contributed by atoms with E-state index in [1.807, 2.05) is 0 Å². The largest absolute Gasteiger partial charge is 0.345 e. The van der Waals surface area contributed by atoms with Crippen LogP contribution in [-0.2, 0) is 9.59 Å². The van der Waals surface area contributed by atoms with E-state index in [1.165, 1.54) is 11.1 Å². The van der Waals surface area contributed by atoms with Gasteiger partial charge in [-0.3, -0.25) is 19.4 Å². The summed E-state index contributed by atoms with van der Waals surface area (Å²) in [5, 5.41) is 0. The summed E-state index contributed by atoms with van der Waals surface area (Å²) in [4.78, 5) is 44.2. The number of Topliss-reactive ketones (excluding diaryl/α,β-unsaturated/α-hetero) is 1. The van der Waals surface area contributed by atoms with Gasteiger partial charge in [0.25, 0.3) is 11.7 Å². The summed E-state index contributed by atoms with van der Waals surface area (Å²) in [6.07, 6.45) is 5.33. The summed E-state index contributed by atoms with van der Waals surface area (Å²) in [7, 11) is 1.80. The van der Waals surface area contributed by atoms with Crippen molar-refractivity contribution in [1.29, 1.82) is 0 Å². The molecule has 0 saturated carbocycles. The van der Waals surface area contributed by atoms with Gasteiger partial charge >= 0.3 is 0 Å². The normalized spacial score (nSPS) is 24.9. The van der Waals surface area contributed by atoms with E-state index in [2.05, 4.69) is 4.98 Å². The molecule has 1 atom stereocenters. The highest BCUT2D eigenvalue weighted by Gasteiger charge is 2.49. The highest BCUT2D eigenvalue weighted by molar-refractivity contribution is 6.42. The summed E-state index contributed by atoms with van der Waals surface area (Å²) in [5.41, 5.74) is -0.196. The monoisotopic (exact) mass is 301 g/mol. The Kier molecular flexibility index (Phi) is 3.68. The van der Waals surface area contributed by atoms with Crippen molar-refractivity contribution in [3.8, 4) is 0 Å². The van der Waals surface area contributed by atoms with Crippen LogP contribution in [0.2, 0.25) is 0 Å². The van der Waals surface area contributed by atoms with Crippen LogP contribution in [0.1, 0.15) is 29.6 Å². The molecule has 1 aromatic heterocycles. The molecule has 0 N–H and O–H groups in total. The number of ketones is 1. The van der Waals surface area contributed by atoms with Crippen LogP contribution in [0.15, 0.2) is 24.5 Å². The van der Waals surface area contributed by atoms with Crippen LogP contribution in [0.5, 0.6) is 0 Å². The maximum Gasteiger partial charge on any atom is 0.295 e. The van der Waals surface area contributed by atoms with E-state index in [9.17, 15) is 14.4 Å². The van der Waals surface area contributed by atoms with Gasteiger partial charge in [0.15, 0.2) is 0 Å². The lowest BCUT2D eigenvalue weighted by atomic mass is 9.78. The Morgan fingerprint density at radius 3 is 2.82 bits per heavy atom. The second-order valence-electron chi connectivity index (χ2n) is 6.16. The number of pyridine rings is 1. The van der Waals surface area contributed by atoms with Gasteiger partial charge in [-0.1, -0.05) is 0 Å². The number of carbonyl (C=O) groups excluding carboxylic acids is 3. The van der Waals surface area contributed by atoms with Gasteiger partial charge in [0, 0.05) is 44.6 Å². The van der Waals surface area contributed by atoms with E-state index in [4.69, 9.17) is 0 Å². The third-order valence-corrected chi connectivity index (χ3v) is 4.71. The Balaban J connectivity index is 1.74. The molecule has 6 heteroatoms. The third kappa shape index (κ3) is 2.38.